The average molecular weight is 363 g/mol. The highest BCUT2D eigenvalue weighted by atomic mass is 16.2. The Morgan fingerprint density at radius 3 is 2.38 bits per heavy atom. The standard InChI is InChI=1S/C17H25N5O4/c1-12-10-22(16(25)19-15(12)24)11-14(23)18-13-4-8-21(9-5-13)17(26)20-6-2-3-7-20/h10,13H,2-9,11H2,1H3,(H,18,23)(H,19,24,25). The maximum atomic E-state index is 12.4. The van der Waals surface area contributed by atoms with Crippen molar-refractivity contribution in [2.45, 2.75) is 45.2 Å². The van der Waals surface area contributed by atoms with Crippen LogP contribution in [0.15, 0.2) is 15.8 Å². The third-order valence-corrected chi connectivity index (χ3v) is 5.01. The summed E-state index contributed by atoms with van der Waals surface area (Å²) in [5.41, 5.74) is -0.658. The fourth-order valence-corrected chi connectivity index (χ4v) is 3.49. The summed E-state index contributed by atoms with van der Waals surface area (Å²) in [6.45, 7) is 4.37. The summed E-state index contributed by atoms with van der Waals surface area (Å²) >= 11 is 0. The van der Waals surface area contributed by atoms with E-state index in [2.05, 4.69) is 10.3 Å². The molecule has 3 heterocycles. The Kier molecular flexibility index (Phi) is 5.43. The number of aryl methyl sites for hydroxylation is 1. The first-order valence-corrected chi connectivity index (χ1v) is 9.07. The maximum Gasteiger partial charge on any atom is 0.328 e. The highest BCUT2D eigenvalue weighted by molar-refractivity contribution is 5.76. The van der Waals surface area contributed by atoms with Crippen LogP contribution in [-0.4, -0.2) is 63.5 Å². The van der Waals surface area contributed by atoms with E-state index in [-0.39, 0.29) is 24.5 Å². The largest absolute Gasteiger partial charge is 0.352 e. The summed E-state index contributed by atoms with van der Waals surface area (Å²) < 4.78 is 1.19. The number of urea groups is 1. The van der Waals surface area contributed by atoms with Crippen LogP contribution in [0.2, 0.25) is 0 Å². The number of hydrogen-bond acceptors (Lipinski definition) is 4. The molecule has 3 amide bonds. The van der Waals surface area contributed by atoms with Gasteiger partial charge in [-0.2, -0.15) is 0 Å². The number of aromatic nitrogens is 2. The molecule has 0 bridgehead atoms. The molecule has 9 nitrogen and oxygen atoms in total. The smallest absolute Gasteiger partial charge is 0.328 e. The summed E-state index contributed by atoms with van der Waals surface area (Å²) in [7, 11) is 0. The van der Waals surface area contributed by atoms with Gasteiger partial charge in [0.15, 0.2) is 0 Å². The number of nitrogens with zero attached hydrogens (tertiary/aromatic N) is 3. The molecule has 2 N–H and O–H groups in total. The highest BCUT2D eigenvalue weighted by Gasteiger charge is 2.28. The van der Waals surface area contributed by atoms with Gasteiger partial charge in [-0.3, -0.25) is 19.1 Å². The van der Waals surface area contributed by atoms with Crippen molar-refractivity contribution in [2.24, 2.45) is 0 Å². The number of carbonyl (C=O) groups is 2. The summed E-state index contributed by atoms with van der Waals surface area (Å²) in [5, 5.41) is 2.92. The van der Waals surface area contributed by atoms with E-state index in [1.807, 2.05) is 9.80 Å². The summed E-state index contributed by atoms with van der Waals surface area (Å²) in [6, 6.07) is 0.0900. The van der Waals surface area contributed by atoms with Gasteiger partial charge in [-0.1, -0.05) is 0 Å². The molecule has 26 heavy (non-hydrogen) atoms. The second-order valence-electron chi connectivity index (χ2n) is 7.00. The number of piperidine rings is 1. The third-order valence-electron chi connectivity index (χ3n) is 5.01. The second-order valence-corrected chi connectivity index (χ2v) is 7.00. The van der Waals surface area contributed by atoms with E-state index >= 15 is 0 Å². The Morgan fingerprint density at radius 2 is 1.73 bits per heavy atom. The van der Waals surface area contributed by atoms with Gasteiger partial charge in [0.1, 0.15) is 6.54 Å². The van der Waals surface area contributed by atoms with Gasteiger partial charge in [0.2, 0.25) is 5.91 Å². The van der Waals surface area contributed by atoms with Gasteiger partial charge in [0.05, 0.1) is 0 Å². The average Bonchev–Trinajstić information content (AvgIpc) is 3.14. The van der Waals surface area contributed by atoms with E-state index in [1.165, 1.54) is 10.8 Å². The van der Waals surface area contributed by atoms with E-state index < -0.39 is 11.2 Å². The fraction of sp³-hybridized carbons (Fsp3) is 0.647. The molecule has 142 valence electrons. The van der Waals surface area contributed by atoms with Crippen molar-refractivity contribution >= 4 is 11.9 Å². The minimum atomic E-state index is -0.596. The quantitative estimate of drug-likeness (QED) is 0.765. The lowest BCUT2D eigenvalue weighted by atomic mass is 10.1. The van der Waals surface area contributed by atoms with Crippen LogP contribution in [0.3, 0.4) is 0 Å². The molecule has 2 aliphatic rings. The zero-order valence-electron chi connectivity index (χ0n) is 15.0. The third kappa shape index (κ3) is 4.14. The number of aromatic amines is 1. The Bertz CT molecular complexity index is 785. The molecule has 1 aromatic heterocycles. The monoisotopic (exact) mass is 363 g/mol. The Hall–Kier alpha value is -2.58. The van der Waals surface area contributed by atoms with Gasteiger partial charge in [-0.05, 0) is 32.6 Å². The predicted molar refractivity (Wildman–Crippen MR) is 95.0 cm³/mol. The molecule has 0 aliphatic carbocycles. The van der Waals surface area contributed by atoms with Crippen LogP contribution < -0.4 is 16.6 Å². The van der Waals surface area contributed by atoms with Crippen LogP contribution in [0.5, 0.6) is 0 Å². The van der Waals surface area contributed by atoms with Gasteiger partial charge >= 0.3 is 11.7 Å². The molecular formula is C17H25N5O4. The second kappa shape index (κ2) is 7.76. The van der Waals surface area contributed by atoms with Gasteiger partial charge in [0.25, 0.3) is 5.56 Å². The van der Waals surface area contributed by atoms with Crippen molar-refractivity contribution in [3.05, 3.63) is 32.6 Å². The van der Waals surface area contributed by atoms with Crippen LogP contribution in [-0.2, 0) is 11.3 Å². The summed E-state index contributed by atoms with van der Waals surface area (Å²) in [4.78, 5) is 53.6. The Balaban J connectivity index is 1.49. The molecule has 2 fully saturated rings. The Labute approximate surface area is 151 Å². The number of nitrogens with one attached hydrogen (secondary N) is 2. The first-order chi connectivity index (χ1) is 12.4. The molecule has 0 spiro atoms. The lowest BCUT2D eigenvalue weighted by Gasteiger charge is -2.34. The van der Waals surface area contributed by atoms with Crippen molar-refractivity contribution in [3.63, 3.8) is 0 Å². The van der Waals surface area contributed by atoms with Crippen molar-refractivity contribution < 1.29 is 9.59 Å². The van der Waals surface area contributed by atoms with E-state index in [0.29, 0.717) is 31.5 Å². The number of amides is 3. The van der Waals surface area contributed by atoms with Crippen molar-refractivity contribution in [1.29, 1.82) is 0 Å². The molecule has 0 radical (unpaired) electrons. The van der Waals surface area contributed by atoms with Crippen molar-refractivity contribution in [2.75, 3.05) is 26.2 Å². The van der Waals surface area contributed by atoms with Gasteiger partial charge in [-0.25, -0.2) is 9.59 Å². The van der Waals surface area contributed by atoms with Gasteiger partial charge < -0.3 is 15.1 Å². The minimum absolute atomic E-state index is 0.00955. The zero-order valence-corrected chi connectivity index (χ0v) is 15.0. The Morgan fingerprint density at radius 1 is 1.12 bits per heavy atom. The van der Waals surface area contributed by atoms with Crippen molar-refractivity contribution in [3.8, 4) is 0 Å². The molecule has 1 aromatic rings. The SMILES string of the molecule is Cc1cn(CC(=O)NC2CCN(C(=O)N3CCCC3)CC2)c(=O)[nH]c1=O. The maximum absolute atomic E-state index is 12.4. The van der Waals surface area contributed by atoms with Gasteiger partial charge in [-0.15, -0.1) is 0 Å². The van der Waals surface area contributed by atoms with E-state index in [4.69, 9.17) is 0 Å². The predicted octanol–water partition coefficient (Wildman–Crippen LogP) is -0.359. The molecule has 0 atom stereocenters. The van der Waals surface area contributed by atoms with E-state index in [0.717, 1.165) is 25.9 Å². The molecular weight excluding hydrogens is 338 g/mol. The summed E-state index contributed by atoms with van der Waals surface area (Å²) in [6.07, 6.45) is 4.93. The number of likely N-dealkylation sites (tertiary alicyclic amines) is 2. The van der Waals surface area contributed by atoms with Crippen LogP contribution in [0, 0.1) is 6.92 Å². The normalized spacial score (nSPS) is 18.2. The summed E-state index contributed by atoms with van der Waals surface area (Å²) in [5.74, 6) is -0.275. The van der Waals surface area contributed by atoms with Crippen LogP contribution >= 0.6 is 0 Å². The lowest BCUT2D eigenvalue weighted by Crippen LogP contribution is -2.50. The first kappa shape index (κ1) is 18.2. The van der Waals surface area contributed by atoms with E-state index in [9.17, 15) is 19.2 Å². The molecule has 9 heteroatoms. The highest BCUT2D eigenvalue weighted by Crippen LogP contribution is 2.16. The van der Waals surface area contributed by atoms with Gasteiger partial charge in [0, 0.05) is 44.0 Å². The molecule has 0 aromatic carbocycles. The fourth-order valence-electron chi connectivity index (χ4n) is 3.49. The number of hydrogen-bond donors (Lipinski definition) is 2. The first-order valence-electron chi connectivity index (χ1n) is 9.07. The van der Waals surface area contributed by atoms with Crippen LogP contribution in [0.25, 0.3) is 0 Å². The minimum Gasteiger partial charge on any atom is -0.352 e. The number of H-pyrrole nitrogens is 1. The molecule has 0 saturated carbocycles. The molecule has 0 unspecified atom stereocenters. The van der Waals surface area contributed by atoms with E-state index in [1.54, 1.807) is 6.92 Å². The molecule has 2 saturated heterocycles. The molecule has 3 rings (SSSR count). The topological polar surface area (TPSA) is 108 Å². The van der Waals surface area contributed by atoms with Crippen LogP contribution in [0.1, 0.15) is 31.2 Å². The molecule has 2 aliphatic heterocycles. The number of rotatable bonds is 3. The number of carbonyl (C=O) groups excluding carboxylic acids is 2. The van der Waals surface area contributed by atoms with Crippen molar-refractivity contribution in [1.82, 2.24) is 24.7 Å². The zero-order chi connectivity index (χ0) is 18.7. The lowest BCUT2D eigenvalue weighted by molar-refractivity contribution is -0.122. The van der Waals surface area contributed by atoms with Crippen LogP contribution in [0.4, 0.5) is 4.79 Å².